The molecule has 20 atom stereocenters. The van der Waals surface area contributed by atoms with Gasteiger partial charge < -0.3 is 41.5 Å². The number of phenolic OH excluding ortho intramolecular Hbond substituents is 1. The summed E-state index contributed by atoms with van der Waals surface area (Å²) in [5.74, 6) is 2.89. The highest BCUT2D eigenvalue weighted by atomic mass is 16.6. The molecule has 0 amide bonds. The van der Waals surface area contributed by atoms with E-state index in [4.69, 9.17) is 10.5 Å². The summed E-state index contributed by atoms with van der Waals surface area (Å²) in [6, 6.07) is 12.6. The molecular formula is C70H101N3O7. The van der Waals surface area contributed by atoms with Gasteiger partial charge in [0, 0.05) is 54.6 Å². The predicted molar refractivity (Wildman–Crippen MR) is 315 cm³/mol. The number of aliphatic hydroxyl groups is 3. The highest BCUT2D eigenvalue weighted by molar-refractivity contribution is 6.01. The van der Waals surface area contributed by atoms with Gasteiger partial charge >= 0.3 is 0 Å². The number of hydrogen-bond acceptors (Lipinski definition) is 10. The Morgan fingerprint density at radius 1 is 0.812 bits per heavy atom. The average molecular weight is 1100 g/mol. The number of Topliss-reactive ketones (excluding diaryl/α,β-unsaturated/α-hetero) is 2. The van der Waals surface area contributed by atoms with E-state index in [0.29, 0.717) is 73.5 Å². The summed E-state index contributed by atoms with van der Waals surface area (Å²) in [4.78, 5) is 32.5. The third-order valence-electron chi connectivity index (χ3n) is 26.2. The Balaban J connectivity index is 0.938. The minimum absolute atomic E-state index is 0.0332. The van der Waals surface area contributed by atoms with Crippen LogP contribution in [0.2, 0.25) is 0 Å². The highest BCUT2D eigenvalue weighted by Crippen LogP contribution is 2.80. The summed E-state index contributed by atoms with van der Waals surface area (Å²) in [5.41, 5.74) is 11.2. The molecule has 2 saturated heterocycles. The van der Waals surface area contributed by atoms with Crippen LogP contribution in [-0.4, -0.2) is 81.6 Å². The molecule has 6 bridgehead atoms. The van der Waals surface area contributed by atoms with Crippen molar-refractivity contribution in [1.29, 1.82) is 0 Å². The van der Waals surface area contributed by atoms with Crippen molar-refractivity contribution in [3.63, 3.8) is 0 Å². The maximum absolute atomic E-state index is 16.3. The van der Waals surface area contributed by atoms with Crippen molar-refractivity contribution in [3.05, 3.63) is 69.8 Å². The standard InChI is InChI=1S/C70H101N3O7/c1-40(2)27-41-28-45(32-48(71)30-41)50-15-12-16-53(50)67(5)64(80-67)61(77)51-20-18-44-14-11-13-43-17-19-47(38-74)70-35-55-62-68(24-8-7-23-65(3,79)39-73-55)25-9-10-26-69(62,34-52(63(68)78)46-29-42(37-72-6)31-49(75)33-46)57(70)22-21-54-60(59(51)58(43)44)56(76)36-66(54,70)4/h28-33,40,43-44,47,50-53,55,57-59,61-62,64,72-75,77,79H,7-27,34-39,71H2,1-6H3. The fourth-order valence-corrected chi connectivity index (χ4v) is 23.6. The van der Waals surface area contributed by atoms with E-state index in [1.54, 1.807) is 0 Å². The van der Waals surface area contributed by atoms with Crippen molar-refractivity contribution in [3.8, 4) is 5.75 Å². The fourth-order valence-electron chi connectivity index (χ4n) is 23.6. The molecule has 2 heterocycles. The van der Waals surface area contributed by atoms with Gasteiger partial charge in [-0.1, -0.05) is 89.8 Å². The molecule has 438 valence electrons. The van der Waals surface area contributed by atoms with Gasteiger partial charge in [0.2, 0.25) is 0 Å². The molecule has 11 aliphatic rings. The number of carbonyl (C=O) groups is 2. The van der Waals surface area contributed by atoms with Gasteiger partial charge in [0.1, 0.15) is 17.6 Å². The SMILES string of the molecule is CNCc1cc(O)cc(C2CC34CCCCC5(CCCCC(C)(O)CNC(CC67C(CO)CCC8CCCC9CCC(C(O)C%10OC%10(C)C%10CCCC%10c%10cc(N)cc(CC(C)C)c%10)C(C%10=C(CCC36)C7(C)CC%10=O)C98)C54)C2=O)c1. The number of ketones is 2. The number of rotatable bonds is 10. The zero-order chi connectivity index (χ0) is 55.9. The minimum Gasteiger partial charge on any atom is -0.508 e. The Bertz CT molecular complexity index is 2750. The number of fused-ring (bicyclic) bond motifs is 1. The average Bonchev–Trinajstić information content (AvgIpc) is 1.28. The van der Waals surface area contributed by atoms with Crippen LogP contribution in [0.1, 0.15) is 216 Å². The van der Waals surface area contributed by atoms with Crippen LogP contribution in [0.25, 0.3) is 0 Å². The summed E-state index contributed by atoms with van der Waals surface area (Å²) < 4.78 is 7.04. The number of nitrogens with one attached hydrogen (secondary N) is 2. The van der Waals surface area contributed by atoms with E-state index in [1.807, 2.05) is 26.1 Å². The van der Waals surface area contributed by atoms with E-state index < -0.39 is 33.6 Å². The first-order chi connectivity index (χ1) is 38.3. The number of phenols is 1. The molecule has 2 aliphatic heterocycles. The molecule has 9 aliphatic carbocycles. The summed E-state index contributed by atoms with van der Waals surface area (Å²) in [6.07, 6.45) is 21.5. The molecule has 8 N–H and O–H groups in total. The lowest BCUT2D eigenvalue weighted by Crippen LogP contribution is -2.73. The van der Waals surface area contributed by atoms with Crippen LogP contribution in [0.3, 0.4) is 0 Å². The number of aliphatic hydroxyl groups excluding tert-OH is 2. The molecule has 13 rings (SSSR count). The number of aromatic hydroxyl groups is 1. The van der Waals surface area contributed by atoms with Crippen molar-refractivity contribution in [2.75, 3.05) is 25.9 Å². The predicted octanol–water partition coefficient (Wildman–Crippen LogP) is 12.0. The number of nitrogens with two attached hydrogens (primary N) is 1. The molecule has 20 unspecified atom stereocenters. The van der Waals surface area contributed by atoms with E-state index in [2.05, 4.69) is 62.6 Å². The molecule has 10 heteroatoms. The lowest BCUT2D eigenvalue weighted by molar-refractivity contribution is -0.233. The van der Waals surface area contributed by atoms with Crippen LogP contribution >= 0.6 is 0 Å². The summed E-state index contributed by atoms with van der Waals surface area (Å²) >= 11 is 0. The molecule has 0 radical (unpaired) electrons. The Hall–Kier alpha value is -3.12. The first-order valence-electron chi connectivity index (χ1n) is 32.9. The first kappa shape index (κ1) is 56.0. The summed E-state index contributed by atoms with van der Waals surface area (Å²) in [6.45, 7) is 12.4. The van der Waals surface area contributed by atoms with Crippen molar-refractivity contribution >= 4 is 17.3 Å². The number of nitrogen functional groups attached to an aromatic ring is 1. The number of carbonyl (C=O) groups excluding carboxylic acids is 2. The third-order valence-corrected chi connectivity index (χ3v) is 26.2. The number of epoxide rings is 1. The topological polar surface area (TPSA) is 178 Å². The van der Waals surface area contributed by atoms with E-state index in [0.717, 1.165) is 144 Å². The van der Waals surface area contributed by atoms with Gasteiger partial charge in [0.15, 0.2) is 5.78 Å². The smallest absolute Gasteiger partial charge is 0.160 e. The van der Waals surface area contributed by atoms with Gasteiger partial charge in [-0.15, -0.1) is 0 Å². The lowest BCUT2D eigenvalue weighted by Gasteiger charge is -2.74. The normalized spacial score (nSPS) is 45.5. The maximum Gasteiger partial charge on any atom is 0.160 e. The number of hydrogen-bond donors (Lipinski definition) is 7. The number of anilines is 1. The monoisotopic (exact) mass is 1100 g/mol. The summed E-state index contributed by atoms with van der Waals surface area (Å²) in [7, 11) is 1.93. The zero-order valence-electron chi connectivity index (χ0n) is 49.8. The second kappa shape index (κ2) is 20.6. The number of ether oxygens (including phenoxy) is 1. The van der Waals surface area contributed by atoms with Gasteiger partial charge in [-0.25, -0.2) is 0 Å². The first-order valence-corrected chi connectivity index (χ1v) is 32.9. The van der Waals surface area contributed by atoms with Crippen LogP contribution in [0.15, 0.2) is 47.5 Å². The molecule has 80 heavy (non-hydrogen) atoms. The van der Waals surface area contributed by atoms with Gasteiger partial charge in [-0.2, -0.15) is 0 Å². The van der Waals surface area contributed by atoms with Crippen molar-refractivity contribution in [1.82, 2.24) is 10.6 Å². The van der Waals surface area contributed by atoms with Crippen molar-refractivity contribution in [2.45, 2.75) is 237 Å². The largest absolute Gasteiger partial charge is 0.508 e. The second-order valence-electron chi connectivity index (χ2n) is 30.7. The van der Waals surface area contributed by atoms with Crippen molar-refractivity contribution in [2.24, 2.45) is 80.8 Å². The maximum atomic E-state index is 16.3. The molecule has 1 spiro atoms. The summed E-state index contributed by atoms with van der Waals surface area (Å²) in [5, 5.41) is 57.0. The van der Waals surface area contributed by atoms with Gasteiger partial charge in [-0.3, -0.25) is 9.59 Å². The Kier molecular flexibility index (Phi) is 14.4. The molecule has 0 aromatic heterocycles. The Morgan fingerprint density at radius 3 is 2.29 bits per heavy atom. The Morgan fingerprint density at radius 2 is 1.54 bits per heavy atom. The van der Waals surface area contributed by atoms with Crippen LogP contribution in [0.5, 0.6) is 5.75 Å². The van der Waals surface area contributed by atoms with Crippen LogP contribution in [-0.2, 0) is 27.3 Å². The number of benzene rings is 2. The van der Waals surface area contributed by atoms with E-state index in [9.17, 15) is 20.4 Å². The van der Waals surface area contributed by atoms with E-state index in [1.165, 1.54) is 29.5 Å². The molecule has 9 fully saturated rings. The number of β-amino-alcohol motifs (C(OH)–C–C–N with tert-alkyl or cyclic N) is 1. The van der Waals surface area contributed by atoms with Crippen molar-refractivity contribution < 1.29 is 34.8 Å². The van der Waals surface area contributed by atoms with Gasteiger partial charge in [0.25, 0.3) is 0 Å². The molecule has 2 aromatic rings. The lowest BCUT2D eigenvalue weighted by atomic mass is 9.30. The minimum atomic E-state index is -0.912. The quantitative estimate of drug-likeness (QED) is 0.0895. The second-order valence-corrected chi connectivity index (χ2v) is 30.7. The highest BCUT2D eigenvalue weighted by Gasteiger charge is 2.77. The zero-order valence-corrected chi connectivity index (χ0v) is 49.8. The van der Waals surface area contributed by atoms with E-state index >= 15 is 9.59 Å². The van der Waals surface area contributed by atoms with Gasteiger partial charge in [-0.05, 0) is 245 Å². The third kappa shape index (κ3) is 8.61. The molecular weight excluding hydrogens is 995 g/mol. The van der Waals surface area contributed by atoms with E-state index in [-0.39, 0.29) is 71.3 Å². The van der Waals surface area contributed by atoms with Crippen LogP contribution < -0.4 is 16.4 Å². The molecule has 2 aromatic carbocycles. The van der Waals surface area contributed by atoms with Crippen LogP contribution in [0, 0.1) is 80.8 Å². The fraction of sp³-hybridized carbons (Fsp3) is 0.771. The van der Waals surface area contributed by atoms with Gasteiger partial charge in [0.05, 0.1) is 17.3 Å². The molecule has 7 saturated carbocycles. The molecule has 10 nitrogen and oxygen atoms in total. The van der Waals surface area contributed by atoms with Crippen LogP contribution in [0.4, 0.5) is 5.69 Å². The Labute approximate surface area is 479 Å². The number of allylic oxidation sites excluding steroid dienone is 2.